The van der Waals surface area contributed by atoms with E-state index in [0.29, 0.717) is 11.1 Å². The van der Waals surface area contributed by atoms with E-state index in [-0.39, 0.29) is 37.6 Å². The van der Waals surface area contributed by atoms with Crippen molar-refractivity contribution in [2.75, 3.05) is 26.8 Å². The van der Waals surface area contributed by atoms with Crippen molar-refractivity contribution in [2.24, 2.45) is 4.99 Å². The smallest absolute Gasteiger partial charge is 0.205 e. The third-order valence-corrected chi connectivity index (χ3v) is 5.58. The molecule has 2 heterocycles. The number of nitrogens with zero attached hydrogens (tertiary/aromatic N) is 3. The summed E-state index contributed by atoms with van der Waals surface area (Å²) in [5.41, 5.74) is 4.45. The van der Waals surface area contributed by atoms with E-state index in [4.69, 9.17) is 20.4 Å². The van der Waals surface area contributed by atoms with Gasteiger partial charge in [-0.05, 0) is 40.0 Å². The molecular weight excluding hydrogens is 504 g/mol. The Kier molecular flexibility index (Phi) is 18.5. The quantitative estimate of drug-likeness (QED) is 0.277. The minimum atomic E-state index is -0.183. The van der Waals surface area contributed by atoms with Gasteiger partial charge in [-0.3, -0.25) is 14.6 Å². The maximum atomic E-state index is 12.2. The summed E-state index contributed by atoms with van der Waals surface area (Å²) < 4.78 is 4.86. The number of methoxy groups -OCH3 is 1. The molecule has 0 spiro atoms. The molecule has 2 aliphatic rings. The number of nitriles is 2. The number of aryl methyl sites for hydroxylation is 2. The van der Waals surface area contributed by atoms with Crippen molar-refractivity contribution in [1.82, 2.24) is 5.32 Å². The lowest BCUT2D eigenvalue weighted by Crippen LogP contribution is -2.12. The third-order valence-electron chi connectivity index (χ3n) is 5.58. The summed E-state index contributed by atoms with van der Waals surface area (Å²) in [5, 5.41) is 28.1. The summed E-state index contributed by atoms with van der Waals surface area (Å²) in [6, 6.07) is 18.4. The van der Waals surface area contributed by atoms with E-state index in [1.165, 1.54) is 6.42 Å². The molecule has 2 aromatic carbocycles. The van der Waals surface area contributed by atoms with Gasteiger partial charge < -0.3 is 15.2 Å². The summed E-state index contributed by atoms with van der Waals surface area (Å²) in [6.07, 6.45) is 3.95. The molecule has 214 valence electrons. The number of benzene rings is 2. The molecule has 2 aliphatic heterocycles. The fourth-order valence-corrected chi connectivity index (χ4v) is 3.50. The van der Waals surface area contributed by atoms with Gasteiger partial charge in [-0.25, -0.2) is 0 Å². The highest BCUT2D eigenvalue weighted by Gasteiger charge is 2.19. The molecule has 0 aromatic heterocycles. The van der Waals surface area contributed by atoms with Crippen molar-refractivity contribution >= 4 is 17.5 Å². The molecule has 1 saturated heterocycles. The lowest BCUT2D eigenvalue weighted by atomic mass is 10.0. The maximum absolute atomic E-state index is 12.2. The summed E-state index contributed by atoms with van der Waals surface area (Å²) >= 11 is 0. The molecule has 1 fully saturated rings. The van der Waals surface area contributed by atoms with Crippen LogP contribution in [0.25, 0.3) is 0 Å². The van der Waals surface area contributed by atoms with Crippen molar-refractivity contribution in [3.05, 3.63) is 82.1 Å². The number of ether oxygens (including phenoxy) is 1. The number of aliphatic imine (C=N–C) groups is 1. The van der Waals surface area contributed by atoms with Crippen LogP contribution in [0.5, 0.6) is 0 Å². The van der Waals surface area contributed by atoms with Gasteiger partial charge in [-0.2, -0.15) is 10.5 Å². The van der Waals surface area contributed by atoms with Crippen molar-refractivity contribution in [2.45, 2.75) is 60.3 Å². The van der Waals surface area contributed by atoms with Crippen LogP contribution in [0.2, 0.25) is 0 Å². The van der Waals surface area contributed by atoms with Gasteiger partial charge in [-0.15, -0.1) is 0 Å². The largest absolute Gasteiger partial charge is 0.484 e. The molecule has 0 bridgehead atoms. The molecule has 0 aliphatic carbocycles. The number of carbonyl (C=O) groups excluding carboxylic acids is 2. The van der Waals surface area contributed by atoms with Crippen LogP contribution in [-0.4, -0.2) is 49.4 Å². The number of nitrogens with one attached hydrogen (secondary N) is 1. The van der Waals surface area contributed by atoms with E-state index in [1.54, 1.807) is 38.3 Å². The first-order valence-electron chi connectivity index (χ1n) is 12.9. The van der Waals surface area contributed by atoms with Gasteiger partial charge in [0.1, 0.15) is 11.6 Å². The molecule has 8 heteroatoms. The first-order valence-corrected chi connectivity index (χ1v) is 12.9. The summed E-state index contributed by atoms with van der Waals surface area (Å²) in [6.45, 7) is 7.67. The van der Waals surface area contributed by atoms with Gasteiger partial charge in [0, 0.05) is 42.9 Å². The Morgan fingerprint density at radius 2 is 1.52 bits per heavy atom. The Labute approximate surface area is 239 Å². The van der Waals surface area contributed by atoms with Gasteiger partial charge in [0.2, 0.25) is 5.78 Å². The maximum Gasteiger partial charge on any atom is 0.205 e. The van der Waals surface area contributed by atoms with E-state index < -0.39 is 0 Å². The normalized spacial score (nSPS) is 13.8. The number of allylic oxidation sites excluding steroid dienone is 2. The zero-order valence-corrected chi connectivity index (χ0v) is 23.3. The van der Waals surface area contributed by atoms with Crippen molar-refractivity contribution < 1.29 is 19.4 Å². The SMILES string of the molecule is C.CCO.COC1=NCCC1.Cc1ccc(C(=O)/C(C#N)=C2/CCCN2)cc1.Cc1ccc(C(=O)CC#N)cc1. The molecule has 2 N–H and O–H groups in total. The molecule has 0 amide bonds. The average molecular weight is 547 g/mol. The molecule has 0 unspecified atom stereocenters. The second kappa shape index (κ2) is 20.7. The van der Waals surface area contributed by atoms with Crippen LogP contribution < -0.4 is 5.32 Å². The first-order chi connectivity index (χ1) is 18.8. The summed E-state index contributed by atoms with van der Waals surface area (Å²) in [4.78, 5) is 27.3. The van der Waals surface area contributed by atoms with Gasteiger partial charge in [0.25, 0.3) is 0 Å². The standard InChI is InChI=1S/C14H14N2O.C10H9NO.C5H9NO.C2H6O.CH4/c1-10-4-6-11(7-5-10)14(17)12(9-15)13-3-2-8-16-13;1-8-2-4-9(5-3-8)10(12)6-7-11;1-7-5-3-2-4-6-5;1-2-3;/h4-7,16H,2-3,8H2,1H3;2-5H,6H2,1H3;2-4H2,1H3;3H,2H2,1H3;1H4/b13-12-;;;;. The number of aliphatic hydroxyl groups is 1. The second-order valence-electron chi connectivity index (χ2n) is 8.71. The molecule has 0 atom stereocenters. The molecule has 2 aromatic rings. The number of ketones is 2. The summed E-state index contributed by atoms with van der Waals surface area (Å²) in [5.74, 6) is 0.620. The average Bonchev–Trinajstić information content (AvgIpc) is 3.66. The van der Waals surface area contributed by atoms with Crippen LogP contribution in [0.3, 0.4) is 0 Å². The van der Waals surface area contributed by atoms with E-state index in [9.17, 15) is 9.59 Å². The van der Waals surface area contributed by atoms with Crippen LogP contribution in [0.4, 0.5) is 0 Å². The van der Waals surface area contributed by atoms with E-state index >= 15 is 0 Å². The van der Waals surface area contributed by atoms with E-state index in [0.717, 1.165) is 55.1 Å². The lowest BCUT2D eigenvalue weighted by Gasteiger charge is -2.04. The highest BCUT2D eigenvalue weighted by Crippen LogP contribution is 2.18. The lowest BCUT2D eigenvalue weighted by molar-refractivity contribution is 0.0996. The van der Waals surface area contributed by atoms with Crippen LogP contribution in [-0.2, 0) is 4.74 Å². The zero-order valence-electron chi connectivity index (χ0n) is 23.3. The van der Waals surface area contributed by atoms with Gasteiger partial charge in [-0.1, -0.05) is 67.1 Å². The number of hydrogen-bond donors (Lipinski definition) is 2. The molecule has 40 heavy (non-hydrogen) atoms. The van der Waals surface area contributed by atoms with E-state index in [2.05, 4.69) is 10.3 Å². The third kappa shape index (κ3) is 13.0. The van der Waals surface area contributed by atoms with Crippen LogP contribution >= 0.6 is 0 Å². The predicted octanol–water partition coefficient (Wildman–Crippen LogP) is 5.89. The number of Topliss-reactive ketones (excluding diaryl/α,β-unsaturated/α-hetero) is 2. The van der Waals surface area contributed by atoms with Crippen molar-refractivity contribution in [3.63, 3.8) is 0 Å². The van der Waals surface area contributed by atoms with Crippen molar-refractivity contribution in [3.8, 4) is 12.1 Å². The van der Waals surface area contributed by atoms with Gasteiger partial charge in [0.15, 0.2) is 11.7 Å². The molecule has 0 saturated carbocycles. The minimum Gasteiger partial charge on any atom is -0.484 e. The fourth-order valence-electron chi connectivity index (χ4n) is 3.50. The van der Waals surface area contributed by atoms with Gasteiger partial charge in [0.05, 0.1) is 19.6 Å². The minimum absolute atomic E-state index is 0. The molecule has 8 nitrogen and oxygen atoms in total. The Morgan fingerprint density at radius 3 is 1.90 bits per heavy atom. The Morgan fingerprint density at radius 1 is 0.975 bits per heavy atom. The molecule has 4 rings (SSSR count). The Balaban J connectivity index is 0.000000576. The Hall–Kier alpha value is -4.27. The zero-order chi connectivity index (χ0) is 29.0. The molecular formula is C32H42N4O4. The fraction of sp³-hybridized carbons (Fsp3) is 0.406. The predicted molar refractivity (Wildman–Crippen MR) is 159 cm³/mol. The second-order valence-corrected chi connectivity index (χ2v) is 8.71. The number of carbonyl (C=O) groups is 2. The van der Waals surface area contributed by atoms with E-state index in [1.807, 2.05) is 50.3 Å². The van der Waals surface area contributed by atoms with Crippen LogP contribution in [0.1, 0.15) is 78.3 Å². The molecule has 0 radical (unpaired) electrons. The topological polar surface area (TPSA) is 136 Å². The first kappa shape index (κ1) is 35.7. The monoisotopic (exact) mass is 546 g/mol. The number of hydrogen-bond acceptors (Lipinski definition) is 8. The highest BCUT2D eigenvalue weighted by molar-refractivity contribution is 6.11. The number of rotatable bonds is 4. The van der Waals surface area contributed by atoms with Gasteiger partial charge >= 0.3 is 0 Å². The van der Waals surface area contributed by atoms with Crippen LogP contribution in [0, 0.1) is 36.5 Å². The highest BCUT2D eigenvalue weighted by atomic mass is 16.5. The Bertz CT molecular complexity index is 1190. The van der Waals surface area contributed by atoms with Crippen LogP contribution in [0.15, 0.2) is 64.8 Å². The number of aliphatic hydroxyl groups excluding tert-OH is 1. The summed E-state index contributed by atoms with van der Waals surface area (Å²) in [7, 11) is 1.67. The van der Waals surface area contributed by atoms with Crippen molar-refractivity contribution in [1.29, 1.82) is 10.5 Å².